The van der Waals surface area contributed by atoms with E-state index in [9.17, 15) is 45.3 Å². The number of hydrogen-bond donors (Lipinski definition) is 0. The fraction of sp³-hybridized carbons (Fsp3) is 0.0667. The van der Waals surface area contributed by atoms with Crippen molar-refractivity contribution in [1.29, 1.82) is 0 Å². The maximum atomic E-state index is 13.6. The lowest BCUT2D eigenvalue weighted by molar-refractivity contribution is -0.380. The molecule has 64 heavy (non-hydrogen) atoms. The Bertz CT molecular complexity index is 3400. The first kappa shape index (κ1) is 45.1. The van der Waals surface area contributed by atoms with Crippen LogP contribution in [0.2, 0.25) is 0 Å². The molecule has 13 nitrogen and oxygen atoms in total. The van der Waals surface area contributed by atoms with Gasteiger partial charge in [-0.3, -0.25) is 19.7 Å². The minimum absolute atomic E-state index is 0.122. The molecule has 0 bridgehead atoms. The van der Waals surface area contributed by atoms with Gasteiger partial charge in [0.1, 0.15) is 16.6 Å². The standard InChI is InChI=1S/C24H19FN2O3S2.C21H14FN3O5S2/c1-31-22-6-4-3-5-21(22)27-24(28)23(17-7-11-18(25)12-8-17)20(15-26-27)16-9-13-19(14-10-16)32(2,29)30;1-32(29,30)16-8-4-13(5-9-16)17-12-23-24(18-10-11-19(31-18)25(27)28)21(26)20(17)14-2-6-15(22)7-3-14/h3-15H,1-2H3;2-12H,1H3. The third-order valence-corrected chi connectivity index (χ3v) is 13.7. The number of aromatic nitrogens is 4. The van der Waals surface area contributed by atoms with Crippen LogP contribution in [0, 0.1) is 21.7 Å². The van der Waals surface area contributed by atoms with Gasteiger partial charge in [0.15, 0.2) is 19.7 Å². The summed E-state index contributed by atoms with van der Waals surface area (Å²) in [5.74, 6) is -0.883. The molecule has 19 heteroatoms. The Morgan fingerprint density at radius 3 is 1.44 bits per heavy atom. The van der Waals surface area contributed by atoms with Crippen molar-refractivity contribution in [1.82, 2.24) is 19.6 Å². The van der Waals surface area contributed by atoms with E-state index in [0.717, 1.165) is 33.4 Å². The fourth-order valence-corrected chi connectivity index (χ4v) is 9.18. The molecule has 5 aromatic carbocycles. The van der Waals surface area contributed by atoms with Crippen LogP contribution in [0.4, 0.5) is 13.8 Å². The van der Waals surface area contributed by atoms with Gasteiger partial charge in [-0.15, -0.1) is 11.8 Å². The van der Waals surface area contributed by atoms with Crippen molar-refractivity contribution in [2.24, 2.45) is 0 Å². The molecule has 0 atom stereocenters. The van der Waals surface area contributed by atoms with Gasteiger partial charge in [0, 0.05) is 34.6 Å². The zero-order valence-electron chi connectivity index (χ0n) is 33.7. The minimum Gasteiger partial charge on any atom is -0.267 e. The number of hydrogen-bond acceptors (Lipinski definition) is 12. The lowest BCUT2D eigenvalue weighted by atomic mass is 9.97. The molecule has 0 fully saturated rings. The average molecular weight is 938 g/mol. The van der Waals surface area contributed by atoms with E-state index < -0.39 is 41.8 Å². The third kappa shape index (κ3) is 9.66. The van der Waals surface area contributed by atoms with Crippen molar-refractivity contribution in [2.75, 3.05) is 18.8 Å². The lowest BCUT2D eigenvalue weighted by Crippen LogP contribution is -2.24. The third-order valence-electron chi connectivity index (χ3n) is 9.69. The van der Waals surface area contributed by atoms with E-state index in [1.54, 1.807) is 42.6 Å². The Balaban J connectivity index is 0.000000191. The Kier molecular flexibility index (Phi) is 13.0. The van der Waals surface area contributed by atoms with Crippen LogP contribution >= 0.6 is 23.1 Å². The largest absolute Gasteiger partial charge is 0.326 e. The molecule has 0 spiro atoms. The molecule has 0 aliphatic heterocycles. The van der Waals surface area contributed by atoms with Crippen LogP contribution in [0.5, 0.6) is 0 Å². The molecule has 8 rings (SSSR count). The molecular formula is C45H33F2N5O8S4. The van der Waals surface area contributed by atoms with Crippen LogP contribution in [-0.2, 0) is 19.7 Å². The molecule has 8 aromatic rings. The SMILES string of the molecule is CS(=O)(=O)c1ccc(-c2cnn(-c3ccc([N+](=O)[O-])s3)c(=O)c2-c2ccc(F)cc2)cc1.CSc1ccccc1-n1ncc(-c2ccc(S(C)(=O)=O)cc2)c(-c2ccc(F)cc2)c1=O. The second-order valence-electron chi connectivity index (χ2n) is 13.9. The molecule has 0 amide bonds. The topological polar surface area (TPSA) is 181 Å². The number of nitrogens with zero attached hydrogens (tertiary/aromatic N) is 5. The highest BCUT2D eigenvalue weighted by Crippen LogP contribution is 2.33. The summed E-state index contributed by atoms with van der Waals surface area (Å²) in [5, 5.41) is 19.7. The molecule has 3 heterocycles. The molecule has 0 saturated heterocycles. The summed E-state index contributed by atoms with van der Waals surface area (Å²) in [4.78, 5) is 38.7. The van der Waals surface area contributed by atoms with Crippen LogP contribution in [0.1, 0.15) is 0 Å². The van der Waals surface area contributed by atoms with E-state index in [1.165, 1.54) is 95.4 Å². The molecule has 0 aliphatic carbocycles. The second kappa shape index (κ2) is 18.4. The zero-order valence-corrected chi connectivity index (χ0v) is 37.0. The smallest absolute Gasteiger partial charge is 0.267 e. The lowest BCUT2D eigenvalue weighted by Gasteiger charge is -2.14. The van der Waals surface area contributed by atoms with Crippen LogP contribution < -0.4 is 11.1 Å². The Morgan fingerprint density at radius 1 is 0.594 bits per heavy atom. The van der Waals surface area contributed by atoms with Crippen molar-refractivity contribution in [3.63, 3.8) is 0 Å². The fourth-order valence-electron chi connectivity index (χ4n) is 6.56. The summed E-state index contributed by atoms with van der Waals surface area (Å²) >= 11 is 2.30. The number of thiophene rings is 1. The number of halogens is 2. The number of para-hydroxylation sites is 1. The predicted molar refractivity (Wildman–Crippen MR) is 244 cm³/mol. The highest BCUT2D eigenvalue weighted by molar-refractivity contribution is 7.98. The van der Waals surface area contributed by atoms with Crippen LogP contribution in [0.25, 0.3) is 55.2 Å². The molecular weight excluding hydrogens is 905 g/mol. The first-order chi connectivity index (χ1) is 30.4. The van der Waals surface area contributed by atoms with Crippen molar-refractivity contribution in [3.8, 4) is 55.2 Å². The monoisotopic (exact) mass is 937 g/mol. The van der Waals surface area contributed by atoms with Crippen molar-refractivity contribution in [2.45, 2.75) is 14.7 Å². The molecule has 0 unspecified atom stereocenters. The summed E-state index contributed by atoms with van der Waals surface area (Å²) < 4.78 is 76.6. The number of thioether (sulfide) groups is 1. The number of sulfone groups is 2. The van der Waals surface area contributed by atoms with Crippen LogP contribution in [0.3, 0.4) is 0 Å². The maximum absolute atomic E-state index is 13.6. The van der Waals surface area contributed by atoms with Gasteiger partial charge in [-0.2, -0.15) is 19.6 Å². The summed E-state index contributed by atoms with van der Waals surface area (Å²) in [6, 6.07) is 33.4. The number of benzene rings is 5. The van der Waals surface area contributed by atoms with Gasteiger partial charge in [0.05, 0.1) is 43.9 Å². The van der Waals surface area contributed by atoms with E-state index in [4.69, 9.17) is 0 Å². The maximum Gasteiger partial charge on any atom is 0.326 e. The normalized spacial score (nSPS) is 11.5. The Morgan fingerprint density at radius 2 is 1.02 bits per heavy atom. The molecule has 0 radical (unpaired) electrons. The van der Waals surface area contributed by atoms with Crippen LogP contribution in [0.15, 0.2) is 170 Å². The van der Waals surface area contributed by atoms with E-state index in [2.05, 4.69) is 10.2 Å². The van der Waals surface area contributed by atoms with E-state index in [-0.39, 0.29) is 30.9 Å². The van der Waals surface area contributed by atoms with Crippen molar-refractivity contribution in [3.05, 3.63) is 188 Å². The molecule has 324 valence electrons. The second-order valence-corrected chi connectivity index (χ2v) is 19.9. The van der Waals surface area contributed by atoms with E-state index >= 15 is 0 Å². The predicted octanol–water partition coefficient (Wildman–Crippen LogP) is 8.91. The molecule has 0 N–H and O–H groups in total. The van der Waals surface area contributed by atoms with E-state index in [0.29, 0.717) is 44.6 Å². The first-order valence-electron chi connectivity index (χ1n) is 18.7. The Hall–Kier alpha value is -6.93. The summed E-state index contributed by atoms with van der Waals surface area (Å²) in [7, 11) is -6.75. The van der Waals surface area contributed by atoms with Gasteiger partial charge in [0.25, 0.3) is 11.1 Å². The van der Waals surface area contributed by atoms with Gasteiger partial charge in [0.2, 0.25) is 0 Å². The minimum atomic E-state index is -3.40. The average Bonchev–Trinajstić information content (AvgIpc) is 3.78. The van der Waals surface area contributed by atoms with Gasteiger partial charge in [-0.25, -0.2) is 25.6 Å². The number of nitro groups is 1. The summed E-state index contributed by atoms with van der Waals surface area (Å²) in [6.07, 6.45) is 7.14. The number of rotatable bonds is 10. The van der Waals surface area contributed by atoms with E-state index in [1.807, 2.05) is 30.5 Å². The Labute approximate surface area is 372 Å². The molecule has 0 aliphatic rings. The summed E-state index contributed by atoms with van der Waals surface area (Å²) in [6.45, 7) is 0. The van der Waals surface area contributed by atoms with Gasteiger partial charge in [-0.1, -0.05) is 60.7 Å². The molecule has 0 saturated carbocycles. The summed E-state index contributed by atoms with van der Waals surface area (Å²) in [5.41, 5.74) is 3.33. The zero-order chi connectivity index (χ0) is 45.9. The van der Waals surface area contributed by atoms with Gasteiger partial charge >= 0.3 is 5.00 Å². The quantitative estimate of drug-likeness (QED) is 0.0726. The van der Waals surface area contributed by atoms with Gasteiger partial charge in [-0.05, 0) is 107 Å². The first-order valence-corrected chi connectivity index (χ1v) is 24.5. The highest BCUT2D eigenvalue weighted by atomic mass is 32.2. The van der Waals surface area contributed by atoms with Gasteiger partial charge < -0.3 is 0 Å². The van der Waals surface area contributed by atoms with Crippen molar-refractivity contribution < 1.29 is 30.5 Å². The van der Waals surface area contributed by atoms with Crippen LogP contribution in [-0.4, -0.2) is 60.1 Å². The molecule has 3 aromatic heterocycles. The highest BCUT2D eigenvalue weighted by Gasteiger charge is 2.21. The van der Waals surface area contributed by atoms with Crippen molar-refractivity contribution >= 4 is 47.8 Å².